The van der Waals surface area contributed by atoms with Crippen LogP contribution in [0.5, 0.6) is 0 Å². The van der Waals surface area contributed by atoms with E-state index in [2.05, 4.69) is 0 Å². The Kier molecular flexibility index (Phi) is 15.9. The number of carboxylic acids is 2. The van der Waals surface area contributed by atoms with E-state index in [4.69, 9.17) is 19.8 Å². The van der Waals surface area contributed by atoms with Crippen LogP contribution < -0.4 is 69.3 Å². The summed E-state index contributed by atoms with van der Waals surface area (Å²) in [5.74, 6) is -4.37. The maximum absolute atomic E-state index is 8.93. The third kappa shape index (κ3) is 10.0. The molecule has 0 aliphatic heterocycles. The number of aliphatic carboxylic acids is 2. The molecule has 6 heteroatoms. The molecule has 8 heavy (non-hydrogen) atoms. The van der Waals surface area contributed by atoms with Gasteiger partial charge in [0.1, 0.15) is 0 Å². The van der Waals surface area contributed by atoms with E-state index in [1.165, 1.54) is 0 Å². The second kappa shape index (κ2) is 7.94. The predicted molar refractivity (Wildman–Crippen MR) is 10.0 cm³/mol. The number of carboxylic acid groups (broad SMARTS) is 2. The molecule has 0 spiro atoms. The Balaban J connectivity index is -0.000000125. The molecule has 0 radical (unpaired) electrons. The topological polar surface area (TPSA) is 80.3 Å². The predicted octanol–water partition coefficient (Wildman–Crippen LogP) is -9.51. The molecule has 0 fully saturated rings. The molecule has 0 unspecified atom stereocenters. The van der Waals surface area contributed by atoms with Crippen molar-refractivity contribution in [3.05, 3.63) is 0 Å². The smallest absolute Gasteiger partial charge is 0.543 e. The first-order valence-electron chi connectivity index (χ1n) is 1.07. The van der Waals surface area contributed by atoms with Gasteiger partial charge < -0.3 is 19.8 Å². The van der Waals surface area contributed by atoms with Crippen molar-refractivity contribution in [2.75, 3.05) is 0 Å². The molecular formula is C2Na2O4. The fourth-order valence-corrected chi connectivity index (χ4v) is 0. The monoisotopic (exact) mass is 136 g/mol. The molecule has 0 N–H and O–H groups in total. The van der Waals surface area contributed by atoms with Gasteiger partial charge in [-0.2, -0.15) is 0 Å². The van der Waals surface area contributed by atoms with Crippen molar-refractivity contribution in [1.29, 1.82) is 0 Å². The van der Waals surface area contributed by atoms with Crippen LogP contribution >= 0.6 is 0 Å². The Morgan fingerprint density at radius 2 is 1.00 bits per heavy atom. The van der Waals surface area contributed by atoms with Crippen LogP contribution in [0.4, 0.5) is 0 Å². The van der Waals surface area contributed by atoms with E-state index in [1.54, 1.807) is 0 Å². The number of carbonyl (C=O) groups is 2. The third-order valence-electron chi connectivity index (χ3n) is 0.167. The Morgan fingerprint density at radius 1 is 0.875 bits per heavy atom. The Labute approximate surface area is 89.8 Å². The number of rotatable bonds is 0. The Hall–Kier alpha value is 0.940. The van der Waals surface area contributed by atoms with Crippen LogP contribution in [0.15, 0.2) is 0 Å². The normalized spacial score (nSPS) is 5.50. The van der Waals surface area contributed by atoms with Crippen molar-refractivity contribution in [1.82, 2.24) is 0 Å². The summed E-state index contributed by atoms with van der Waals surface area (Å²) in [6.07, 6.45) is 0. The van der Waals surface area contributed by atoms with Gasteiger partial charge in [-0.25, -0.2) is 0 Å². The Bertz CT molecular complexity index is 78.0. The van der Waals surface area contributed by atoms with Crippen LogP contribution in [-0.2, 0) is 9.59 Å². The molecule has 0 bridgehead atoms. The van der Waals surface area contributed by atoms with Gasteiger partial charge in [-0.15, -0.1) is 0 Å². The molecule has 0 saturated carbocycles. The zero-order chi connectivity index (χ0) is 5.15. The molecule has 0 aliphatic carbocycles. The van der Waals surface area contributed by atoms with Crippen LogP contribution in [0.1, 0.15) is 0 Å². The molecule has 4 nitrogen and oxygen atoms in total. The van der Waals surface area contributed by atoms with Crippen molar-refractivity contribution in [2.24, 2.45) is 0 Å². The summed E-state index contributed by atoms with van der Waals surface area (Å²) in [4.78, 5) is 17.9. The zero-order valence-electron chi connectivity index (χ0n) is 4.63. The van der Waals surface area contributed by atoms with Crippen molar-refractivity contribution < 1.29 is 78.9 Å². The van der Waals surface area contributed by atoms with Crippen LogP contribution in [0, 0.1) is 0 Å². The number of carbonyl (C=O) groups excluding carboxylic acids is 2. The average Bonchev–Trinajstić information content (AvgIpc) is 1.36. The minimum atomic E-state index is -2.19. The van der Waals surface area contributed by atoms with Crippen LogP contribution in [0.25, 0.3) is 0 Å². The first kappa shape index (κ1) is 16.0. The maximum atomic E-state index is 8.93. The van der Waals surface area contributed by atoms with Gasteiger partial charge in [0.25, 0.3) is 0 Å². The van der Waals surface area contributed by atoms with Crippen LogP contribution in [0.3, 0.4) is 0 Å². The van der Waals surface area contributed by atoms with E-state index >= 15 is 0 Å². The fourth-order valence-electron chi connectivity index (χ4n) is 0. The summed E-state index contributed by atoms with van der Waals surface area (Å²) in [5.41, 5.74) is 0. The summed E-state index contributed by atoms with van der Waals surface area (Å²) in [6, 6.07) is 0. The summed E-state index contributed by atoms with van der Waals surface area (Å²) >= 11 is 0. The summed E-state index contributed by atoms with van der Waals surface area (Å²) in [6.45, 7) is 0. The first-order valence-corrected chi connectivity index (χ1v) is 1.07. The SMILES string of the molecule is O=[13C]([O-])[13C](=O)[O-].[Na+].[Na+]. The summed E-state index contributed by atoms with van der Waals surface area (Å²) < 4.78 is 0. The van der Waals surface area contributed by atoms with E-state index < -0.39 is 11.9 Å². The first-order chi connectivity index (χ1) is 2.64. The van der Waals surface area contributed by atoms with E-state index in [0.717, 1.165) is 0 Å². The van der Waals surface area contributed by atoms with Gasteiger partial charge in [0.05, 0.1) is 11.9 Å². The molecule has 0 aromatic rings. The molecule has 0 amide bonds. The largest absolute Gasteiger partial charge is 1.00 e. The molecule has 34 valence electrons. The number of hydrogen-bond donors (Lipinski definition) is 0. The minimum absolute atomic E-state index is 0. The second-order valence-electron chi connectivity index (χ2n) is 0.575. The fraction of sp³-hybridized carbons (Fsp3) is 0. The second-order valence-corrected chi connectivity index (χ2v) is 0.575. The minimum Gasteiger partial charge on any atom is -0.543 e. The molecular weight excluding hydrogens is 136 g/mol. The summed E-state index contributed by atoms with van der Waals surface area (Å²) in [5, 5.41) is 17.9. The van der Waals surface area contributed by atoms with Gasteiger partial charge in [0, 0.05) is 0 Å². The van der Waals surface area contributed by atoms with Crippen molar-refractivity contribution in [3.63, 3.8) is 0 Å². The molecule has 0 aromatic carbocycles. The van der Waals surface area contributed by atoms with Crippen LogP contribution in [-0.4, -0.2) is 11.9 Å². The van der Waals surface area contributed by atoms with E-state index in [9.17, 15) is 0 Å². The maximum Gasteiger partial charge on any atom is 1.00 e. The Morgan fingerprint density at radius 3 is 1.00 bits per heavy atom. The summed E-state index contributed by atoms with van der Waals surface area (Å²) in [7, 11) is 0. The molecule has 0 aromatic heterocycles. The van der Waals surface area contributed by atoms with Gasteiger partial charge in [0.15, 0.2) is 0 Å². The van der Waals surface area contributed by atoms with Crippen molar-refractivity contribution >= 4 is 11.9 Å². The third-order valence-corrected chi connectivity index (χ3v) is 0.167. The van der Waals surface area contributed by atoms with Crippen molar-refractivity contribution in [2.45, 2.75) is 0 Å². The van der Waals surface area contributed by atoms with Gasteiger partial charge in [-0.1, -0.05) is 0 Å². The molecule has 0 rings (SSSR count). The zero-order valence-corrected chi connectivity index (χ0v) is 8.63. The van der Waals surface area contributed by atoms with Gasteiger partial charge in [-0.3, -0.25) is 0 Å². The van der Waals surface area contributed by atoms with Crippen molar-refractivity contribution in [3.8, 4) is 0 Å². The average molecular weight is 136 g/mol. The quantitative estimate of drug-likeness (QED) is 0.188. The number of hydrogen-bond acceptors (Lipinski definition) is 4. The van der Waals surface area contributed by atoms with Gasteiger partial charge in [0.2, 0.25) is 0 Å². The molecule has 0 atom stereocenters. The van der Waals surface area contributed by atoms with E-state index in [0.29, 0.717) is 0 Å². The standard InChI is InChI=1S/C2H2O4.2Na/c3-1(4)2(5)6;;/h(H,3,4)(H,5,6);;/q;2*+1/p-2/i1+1,2+1;;. The molecule has 0 aliphatic rings. The van der Waals surface area contributed by atoms with E-state index in [1.807, 2.05) is 0 Å². The molecule has 0 heterocycles. The van der Waals surface area contributed by atoms with Crippen LogP contribution in [0.2, 0.25) is 0 Å². The molecule has 0 saturated heterocycles. The van der Waals surface area contributed by atoms with Gasteiger partial charge in [-0.05, 0) is 0 Å². The van der Waals surface area contributed by atoms with E-state index in [-0.39, 0.29) is 59.1 Å². The van der Waals surface area contributed by atoms with Gasteiger partial charge >= 0.3 is 59.1 Å².